The van der Waals surface area contributed by atoms with Crippen LogP contribution in [-0.4, -0.2) is 9.97 Å². The molecule has 0 saturated heterocycles. The Kier molecular flexibility index (Phi) is 3.30. The summed E-state index contributed by atoms with van der Waals surface area (Å²) in [5, 5.41) is 0.956. The summed E-state index contributed by atoms with van der Waals surface area (Å²) in [6.45, 7) is 6.57. The van der Waals surface area contributed by atoms with Crippen LogP contribution in [0.15, 0.2) is 29.3 Å². The van der Waals surface area contributed by atoms with E-state index in [0.29, 0.717) is 5.03 Å². The SMILES string of the molecule is Cc1nc(Cl)nc(S)c1C1c2ccccc2CC1(C)C. The smallest absolute Gasteiger partial charge is 0.223 e. The van der Waals surface area contributed by atoms with E-state index in [0.717, 1.165) is 17.7 Å². The average Bonchev–Trinajstić information content (AvgIpc) is 2.59. The Hall–Kier alpha value is -1.06. The zero-order chi connectivity index (χ0) is 14.5. The third-order valence-electron chi connectivity index (χ3n) is 4.17. The van der Waals surface area contributed by atoms with Crippen molar-refractivity contribution in [1.29, 1.82) is 0 Å². The van der Waals surface area contributed by atoms with E-state index in [4.69, 9.17) is 11.6 Å². The van der Waals surface area contributed by atoms with Crippen molar-refractivity contribution in [3.63, 3.8) is 0 Å². The lowest BCUT2D eigenvalue weighted by Gasteiger charge is -2.29. The highest BCUT2D eigenvalue weighted by Gasteiger charge is 2.41. The van der Waals surface area contributed by atoms with Gasteiger partial charge in [0.05, 0.1) is 0 Å². The van der Waals surface area contributed by atoms with Crippen molar-refractivity contribution in [2.75, 3.05) is 0 Å². The number of hydrogen-bond acceptors (Lipinski definition) is 3. The van der Waals surface area contributed by atoms with Crippen LogP contribution in [0.25, 0.3) is 0 Å². The molecule has 2 nitrogen and oxygen atoms in total. The van der Waals surface area contributed by atoms with E-state index in [1.54, 1.807) is 0 Å². The lowest BCUT2D eigenvalue weighted by atomic mass is 9.75. The number of nitrogens with zero attached hydrogens (tertiary/aromatic N) is 2. The maximum absolute atomic E-state index is 5.93. The fraction of sp³-hybridized carbons (Fsp3) is 0.375. The molecule has 1 aromatic heterocycles. The molecular weight excluding hydrogens is 288 g/mol. The molecule has 1 unspecified atom stereocenters. The Bertz CT molecular complexity index is 659. The summed E-state index contributed by atoms with van der Waals surface area (Å²) >= 11 is 10.5. The molecule has 1 heterocycles. The predicted molar refractivity (Wildman–Crippen MR) is 84.8 cm³/mol. The van der Waals surface area contributed by atoms with E-state index in [2.05, 4.69) is 60.7 Å². The van der Waals surface area contributed by atoms with Crippen LogP contribution in [-0.2, 0) is 6.42 Å². The Morgan fingerprint density at radius 1 is 1.25 bits per heavy atom. The molecule has 0 saturated carbocycles. The van der Waals surface area contributed by atoms with Crippen molar-refractivity contribution in [2.45, 2.75) is 38.1 Å². The van der Waals surface area contributed by atoms with Crippen LogP contribution >= 0.6 is 24.2 Å². The maximum atomic E-state index is 5.93. The number of fused-ring (bicyclic) bond motifs is 1. The molecule has 2 aromatic rings. The zero-order valence-electron chi connectivity index (χ0n) is 11.8. The summed E-state index contributed by atoms with van der Waals surface area (Å²) in [7, 11) is 0. The molecule has 20 heavy (non-hydrogen) atoms. The summed E-state index contributed by atoms with van der Waals surface area (Å²) in [6, 6.07) is 8.61. The first-order chi connectivity index (χ1) is 9.40. The molecule has 0 N–H and O–H groups in total. The Labute approximate surface area is 130 Å². The standard InChI is InChI=1S/C16H17ClN2S/c1-9-12(14(20)19-15(17)18-9)13-11-7-5-4-6-10(11)8-16(13,2)3/h4-7,13H,8H2,1-3H3,(H,18,19,20). The molecule has 104 valence electrons. The van der Waals surface area contributed by atoms with Gasteiger partial charge in [0.25, 0.3) is 0 Å². The van der Waals surface area contributed by atoms with Gasteiger partial charge in [-0.1, -0.05) is 38.1 Å². The number of thiol groups is 1. The molecule has 0 radical (unpaired) electrons. The summed E-state index contributed by atoms with van der Waals surface area (Å²) < 4.78 is 0. The molecule has 0 bridgehead atoms. The molecule has 3 rings (SSSR count). The van der Waals surface area contributed by atoms with Gasteiger partial charge in [-0.2, -0.15) is 0 Å². The Morgan fingerprint density at radius 3 is 2.65 bits per heavy atom. The van der Waals surface area contributed by atoms with Gasteiger partial charge in [-0.25, -0.2) is 9.97 Å². The quantitative estimate of drug-likeness (QED) is 0.479. The minimum atomic E-state index is 0.128. The van der Waals surface area contributed by atoms with Gasteiger partial charge in [0.15, 0.2) is 0 Å². The van der Waals surface area contributed by atoms with Crippen molar-refractivity contribution in [1.82, 2.24) is 9.97 Å². The second kappa shape index (κ2) is 4.74. The minimum absolute atomic E-state index is 0.128. The third kappa shape index (κ3) is 2.13. The normalized spacial score (nSPS) is 19.9. The van der Waals surface area contributed by atoms with Crippen LogP contribution in [0.4, 0.5) is 0 Å². The Balaban J connectivity index is 2.24. The molecule has 1 aliphatic carbocycles. The second-order valence-corrected chi connectivity index (χ2v) is 6.87. The van der Waals surface area contributed by atoms with Crippen LogP contribution in [0.3, 0.4) is 0 Å². The topological polar surface area (TPSA) is 25.8 Å². The van der Waals surface area contributed by atoms with Crippen LogP contribution < -0.4 is 0 Å². The largest absolute Gasteiger partial charge is 0.223 e. The van der Waals surface area contributed by atoms with E-state index in [-0.39, 0.29) is 16.6 Å². The van der Waals surface area contributed by atoms with Gasteiger partial charge in [0.1, 0.15) is 5.03 Å². The van der Waals surface area contributed by atoms with Gasteiger partial charge in [0.2, 0.25) is 5.28 Å². The van der Waals surface area contributed by atoms with Gasteiger partial charge < -0.3 is 0 Å². The molecule has 1 aliphatic rings. The highest BCUT2D eigenvalue weighted by Crippen LogP contribution is 2.51. The number of halogens is 1. The predicted octanol–water partition coefficient (Wildman–Crippen LogP) is 4.44. The summed E-state index contributed by atoms with van der Waals surface area (Å²) in [5.41, 5.74) is 4.92. The van der Waals surface area contributed by atoms with Crippen molar-refractivity contribution in [3.8, 4) is 0 Å². The number of hydrogen-bond donors (Lipinski definition) is 1. The first-order valence-corrected chi connectivity index (χ1v) is 7.53. The number of aromatic nitrogens is 2. The fourth-order valence-corrected chi connectivity index (χ4v) is 4.06. The highest BCUT2D eigenvalue weighted by molar-refractivity contribution is 7.80. The van der Waals surface area contributed by atoms with Crippen molar-refractivity contribution in [2.24, 2.45) is 5.41 Å². The molecule has 0 fully saturated rings. The second-order valence-electron chi connectivity index (χ2n) is 6.11. The summed E-state index contributed by atoms with van der Waals surface area (Å²) in [6.07, 6.45) is 1.06. The highest BCUT2D eigenvalue weighted by atomic mass is 35.5. The van der Waals surface area contributed by atoms with E-state index in [1.807, 2.05) is 6.92 Å². The van der Waals surface area contributed by atoms with Crippen molar-refractivity contribution in [3.05, 3.63) is 51.9 Å². The van der Waals surface area contributed by atoms with Crippen LogP contribution in [0, 0.1) is 12.3 Å². The molecule has 1 aromatic carbocycles. The van der Waals surface area contributed by atoms with Gasteiger partial charge >= 0.3 is 0 Å². The summed E-state index contributed by atoms with van der Waals surface area (Å²) in [5.74, 6) is 0.267. The van der Waals surface area contributed by atoms with E-state index in [9.17, 15) is 0 Å². The van der Waals surface area contributed by atoms with Gasteiger partial charge in [-0.3, -0.25) is 0 Å². The number of aryl methyl sites for hydroxylation is 1. The molecule has 0 aliphatic heterocycles. The van der Waals surface area contributed by atoms with E-state index in [1.165, 1.54) is 11.1 Å². The molecule has 0 amide bonds. The first kappa shape index (κ1) is 13.9. The molecule has 1 atom stereocenters. The fourth-order valence-electron chi connectivity index (χ4n) is 3.41. The van der Waals surface area contributed by atoms with Crippen LogP contribution in [0.5, 0.6) is 0 Å². The van der Waals surface area contributed by atoms with Gasteiger partial charge in [-0.15, -0.1) is 12.6 Å². The zero-order valence-corrected chi connectivity index (χ0v) is 13.5. The minimum Gasteiger partial charge on any atom is -0.223 e. The monoisotopic (exact) mass is 304 g/mol. The van der Waals surface area contributed by atoms with E-state index >= 15 is 0 Å². The van der Waals surface area contributed by atoms with E-state index < -0.39 is 0 Å². The number of rotatable bonds is 1. The van der Waals surface area contributed by atoms with Crippen molar-refractivity contribution >= 4 is 24.2 Å². The molecule has 4 heteroatoms. The van der Waals surface area contributed by atoms with Crippen molar-refractivity contribution < 1.29 is 0 Å². The van der Waals surface area contributed by atoms with Crippen LogP contribution in [0.2, 0.25) is 5.28 Å². The summed E-state index contributed by atoms with van der Waals surface area (Å²) in [4.78, 5) is 8.56. The van der Waals surface area contributed by atoms with Crippen LogP contribution in [0.1, 0.15) is 42.1 Å². The average molecular weight is 305 g/mol. The molecule has 0 spiro atoms. The maximum Gasteiger partial charge on any atom is 0.223 e. The number of benzene rings is 1. The first-order valence-electron chi connectivity index (χ1n) is 6.71. The lowest BCUT2D eigenvalue weighted by molar-refractivity contribution is 0.341. The molecular formula is C16H17ClN2S. The Morgan fingerprint density at radius 2 is 1.95 bits per heavy atom. The third-order valence-corrected chi connectivity index (χ3v) is 4.68. The van der Waals surface area contributed by atoms with Gasteiger partial charge in [-0.05, 0) is 41.5 Å². The lowest BCUT2D eigenvalue weighted by Crippen LogP contribution is -2.21. The van der Waals surface area contributed by atoms with Gasteiger partial charge in [0, 0.05) is 17.2 Å².